The van der Waals surface area contributed by atoms with Crippen LogP contribution in [0, 0.1) is 6.92 Å². The number of aryl methyl sites for hydroxylation is 1. The number of nitrogens with one attached hydrogen (secondary N) is 1. The summed E-state index contributed by atoms with van der Waals surface area (Å²) in [6.45, 7) is 2.63. The molecule has 78 valence electrons. The molecule has 0 fully saturated rings. The number of aromatic nitrogens is 3. The fourth-order valence-electron chi connectivity index (χ4n) is 1.42. The third-order valence-corrected chi connectivity index (χ3v) is 2.13. The summed E-state index contributed by atoms with van der Waals surface area (Å²) in [4.78, 5) is 4.12. The van der Waals surface area contributed by atoms with E-state index in [1.165, 1.54) is 0 Å². The summed E-state index contributed by atoms with van der Waals surface area (Å²) in [7, 11) is 0. The van der Waals surface area contributed by atoms with Crippen molar-refractivity contribution in [2.24, 2.45) is 5.84 Å². The van der Waals surface area contributed by atoms with Crippen LogP contribution in [0.5, 0.6) is 0 Å². The lowest BCUT2D eigenvalue weighted by molar-refractivity contribution is 0.678. The molecule has 2 aromatic rings. The summed E-state index contributed by atoms with van der Waals surface area (Å²) in [5.41, 5.74) is 4.59. The van der Waals surface area contributed by atoms with Crippen molar-refractivity contribution in [3.05, 3.63) is 41.9 Å². The van der Waals surface area contributed by atoms with Gasteiger partial charge < -0.3 is 5.43 Å². The number of pyridine rings is 1. The third-order valence-electron chi connectivity index (χ3n) is 2.13. The van der Waals surface area contributed by atoms with Gasteiger partial charge in [-0.25, -0.2) is 10.8 Å². The Kier molecular flexibility index (Phi) is 2.64. The fraction of sp³-hybridized carbons (Fsp3) is 0.200. The topological polar surface area (TPSA) is 68.8 Å². The normalized spacial score (nSPS) is 10.3. The number of rotatable bonds is 3. The van der Waals surface area contributed by atoms with Crippen molar-refractivity contribution in [1.29, 1.82) is 0 Å². The van der Waals surface area contributed by atoms with Gasteiger partial charge in [0.1, 0.15) is 5.82 Å². The van der Waals surface area contributed by atoms with Crippen LogP contribution in [0.25, 0.3) is 0 Å². The van der Waals surface area contributed by atoms with Gasteiger partial charge in [0.15, 0.2) is 0 Å². The standard InChI is InChI=1S/C10H13N5/c1-8-4-6-15(14-8)7-9-3-2-5-12-10(9)13-11/h2-6H,7,11H2,1H3,(H,12,13). The van der Waals surface area contributed by atoms with E-state index in [1.807, 2.05) is 36.0 Å². The monoisotopic (exact) mass is 203 g/mol. The van der Waals surface area contributed by atoms with E-state index in [-0.39, 0.29) is 0 Å². The Morgan fingerprint density at radius 1 is 1.47 bits per heavy atom. The van der Waals surface area contributed by atoms with E-state index in [1.54, 1.807) is 6.20 Å². The molecule has 2 aromatic heterocycles. The van der Waals surface area contributed by atoms with E-state index >= 15 is 0 Å². The van der Waals surface area contributed by atoms with Gasteiger partial charge in [-0.3, -0.25) is 4.68 Å². The predicted octanol–water partition coefficient (Wildman–Crippen LogP) is 0.920. The first-order valence-corrected chi connectivity index (χ1v) is 4.70. The maximum Gasteiger partial charge on any atom is 0.144 e. The van der Waals surface area contributed by atoms with Gasteiger partial charge in [0.05, 0.1) is 12.2 Å². The van der Waals surface area contributed by atoms with Gasteiger partial charge in [-0.1, -0.05) is 6.07 Å². The number of hydrazine groups is 1. The van der Waals surface area contributed by atoms with E-state index in [0.29, 0.717) is 12.4 Å². The van der Waals surface area contributed by atoms with Crippen LogP contribution < -0.4 is 11.3 Å². The summed E-state index contributed by atoms with van der Waals surface area (Å²) in [6, 6.07) is 5.82. The van der Waals surface area contributed by atoms with Crippen molar-refractivity contribution < 1.29 is 0 Å². The molecule has 0 aromatic carbocycles. The number of anilines is 1. The summed E-state index contributed by atoms with van der Waals surface area (Å²) in [5.74, 6) is 6.05. The van der Waals surface area contributed by atoms with Crippen LogP contribution in [0.15, 0.2) is 30.6 Å². The highest BCUT2D eigenvalue weighted by atomic mass is 15.3. The van der Waals surface area contributed by atoms with Crippen LogP contribution >= 0.6 is 0 Å². The quantitative estimate of drug-likeness (QED) is 0.575. The lowest BCUT2D eigenvalue weighted by Gasteiger charge is -2.07. The molecule has 0 radical (unpaired) electrons. The van der Waals surface area contributed by atoms with Gasteiger partial charge in [0.2, 0.25) is 0 Å². The zero-order chi connectivity index (χ0) is 10.7. The van der Waals surface area contributed by atoms with Gasteiger partial charge in [0, 0.05) is 18.0 Å². The Balaban J connectivity index is 2.23. The molecule has 5 heteroatoms. The zero-order valence-corrected chi connectivity index (χ0v) is 8.51. The van der Waals surface area contributed by atoms with Crippen LogP contribution in [0.2, 0.25) is 0 Å². The van der Waals surface area contributed by atoms with Crippen molar-refractivity contribution in [2.75, 3.05) is 5.43 Å². The minimum Gasteiger partial charge on any atom is -0.308 e. The Labute approximate surface area is 87.9 Å². The number of hydrogen-bond acceptors (Lipinski definition) is 4. The molecule has 0 unspecified atom stereocenters. The molecule has 0 amide bonds. The second kappa shape index (κ2) is 4.10. The molecule has 0 saturated heterocycles. The van der Waals surface area contributed by atoms with Crippen molar-refractivity contribution >= 4 is 5.82 Å². The lowest BCUT2D eigenvalue weighted by atomic mass is 10.2. The highest BCUT2D eigenvalue weighted by Gasteiger charge is 2.02. The minimum atomic E-state index is 0.668. The van der Waals surface area contributed by atoms with Gasteiger partial charge in [-0.05, 0) is 19.1 Å². The second-order valence-corrected chi connectivity index (χ2v) is 3.31. The Hall–Kier alpha value is -1.88. The Morgan fingerprint density at radius 3 is 3.00 bits per heavy atom. The van der Waals surface area contributed by atoms with Crippen LogP contribution in [0.1, 0.15) is 11.3 Å². The first-order valence-electron chi connectivity index (χ1n) is 4.70. The molecule has 5 nitrogen and oxygen atoms in total. The van der Waals surface area contributed by atoms with Crippen molar-refractivity contribution in [1.82, 2.24) is 14.8 Å². The van der Waals surface area contributed by atoms with Gasteiger partial charge >= 0.3 is 0 Å². The largest absolute Gasteiger partial charge is 0.308 e. The zero-order valence-electron chi connectivity index (χ0n) is 8.51. The highest BCUT2D eigenvalue weighted by Crippen LogP contribution is 2.11. The lowest BCUT2D eigenvalue weighted by Crippen LogP contribution is -2.12. The number of nitrogens with zero attached hydrogens (tertiary/aromatic N) is 3. The maximum absolute atomic E-state index is 5.37. The number of nitrogens with two attached hydrogens (primary N) is 1. The van der Waals surface area contributed by atoms with Crippen molar-refractivity contribution in [3.8, 4) is 0 Å². The molecule has 0 spiro atoms. The average Bonchev–Trinajstić information content (AvgIpc) is 2.65. The van der Waals surface area contributed by atoms with Crippen LogP contribution in [-0.2, 0) is 6.54 Å². The van der Waals surface area contributed by atoms with Gasteiger partial charge in [-0.15, -0.1) is 0 Å². The molecule has 0 aliphatic rings. The summed E-state index contributed by atoms with van der Waals surface area (Å²) in [6.07, 6.45) is 3.63. The van der Waals surface area contributed by atoms with E-state index in [2.05, 4.69) is 15.5 Å². The summed E-state index contributed by atoms with van der Waals surface area (Å²) < 4.78 is 1.85. The van der Waals surface area contributed by atoms with Crippen LogP contribution in [0.3, 0.4) is 0 Å². The third kappa shape index (κ3) is 2.13. The molecule has 2 rings (SSSR count). The van der Waals surface area contributed by atoms with E-state index in [0.717, 1.165) is 11.3 Å². The first-order chi connectivity index (χ1) is 7.29. The molecule has 0 bridgehead atoms. The average molecular weight is 203 g/mol. The molecule has 3 N–H and O–H groups in total. The maximum atomic E-state index is 5.37. The molecule has 0 saturated carbocycles. The van der Waals surface area contributed by atoms with Gasteiger partial charge in [-0.2, -0.15) is 5.10 Å². The summed E-state index contributed by atoms with van der Waals surface area (Å²) >= 11 is 0. The van der Waals surface area contributed by atoms with Crippen molar-refractivity contribution in [3.63, 3.8) is 0 Å². The van der Waals surface area contributed by atoms with E-state index in [4.69, 9.17) is 5.84 Å². The SMILES string of the molecule is Cc1ccn(Cc2cccnc2NN)n1. The van der Waals surface area contributed by atoms with Crippen molar-refractivity contribution in [2.45, 2.75) is 13.5 Å². The molecule has 0 aliphatic carbocycles. The highest BCUT2D eigenvalue weighted by molar-refractivity contribution is 5.42. The van der Waals surface area contributed by atoms with Crippen LogP contribution in [0.4, 0.5) is 5.82 Å². The fourth-order valence-corrected chi connectivity index (χ4v) is 1.42. The van der Waals surface area contributed by atoms with Crippen LogP contribution in [-0.4, -0.2) is 14.8 Å². The Bertz CT molecular complexity index is 449. The van der Waals surface area contributed by atoms with Gasteiger partial charge in [0.25, 0.3) is 0 Å². The molecule has 0 aliphatic heterocycles. The molecular formula is C10H13N5. The predicted molar refractivity (Wildman–Crippen MR) is 58.1 cm³/mol. The van der Waals surface area contributed by atoms with E-state index < -0.39 is 0 Å². The molecule has 2 heterocycles. The molecular weight excluding hydrogens is 190 g/mol. The summed E-state index contributed by atoms with van der Waals surface area (Å²) in [5, 5.41) is 4.30. The number of hydrogen-bond donors (Lipinski definition) is 2. The second-order valence-electron chi connectivity index (χ2n) is 3.31. The molecule has 0 atom stereocenters. The first kappa shape index (κ1) is 9.67. The minimum absolute atomic E-state index is 0.668. The smallest absolute Gasteiger partial charge is 0.144 e. The molecule has 15 heavy (non-hydrogen) atoms. The Morgan fingerprint density at radius 2 is 2.33 bits per heavy atom. The van der Waals surface area contributed by atoms with E-state index in [9.17, 15) is 0 Å². The number of nitrogen functional groups attached to an aromatic ring is 1.